The van der Waals surface area contributed by atoms with Gasteiger partial charge in [0.15, 0.2) is 0 Å². The second kappa shape index (κ2) is 8.39. The van der Waals surface area contributed by atoms with E-state index < -0.39 is 4.92 Å². The number of nitro groups is 1. The van der Waals surface area contributed by atoms with Crippen LogP contribution in [-0.2, 0) is 11.3 Å². The number of amides is 2. The summed E-state index contributed by atoms with van der Waals surface area (Å²) in [5.41, 5.74) is 2.11. The van der Waals surface area contributed by atoms with Crippen LogP contribution in [0.5, 0.6) is 0 Å². The first-order valence-corrected chi connectivity index (χ1v) is 7.51. The first-order chi connectivity index (χ1) is 12.0. The largest absolute Gasteiger partial charge is 0.355 e. The highest BCUT2D eigenvalue weighted by molar-refractivity contribution is 5.94. The summed E-state index contributed by atoms with van der Waals surface area (Å²) in [5, 5.41) is 15.8. The Balaban J connectivity index is 1.87. The van der Waals surface area contributed by atoms with Crippen LogP contribution in [0.2, 0.25) is 0 Å². The van der Waals surface area contributed by atoms with Crippen molar-refractivity contribution in [3.8, 4) is 0 Å². The van der Waals surface area contributed by atoms with Crippen molar-refractivity contribution < 1.29 is 14.5 Å². The molecular weight excluding hydrogens is 322 g/mol. The molecule has 0 saturated heterocycles. The molecule has 0 bridgehead atoms. The van der Waals surface area contributed by atoms with Crippen molar-refractivity contribution in [3.63, 3.8) is 0 Å². The number of benzene rings is 2. The van der Waals surface area contributed by atoms with E-state index >= 15 is 0 Å². The highest BCUT2D eigenvalue weighted by atomic mass is 16.6. The Kier molecular flexibility index (Phi) is 6.00. The standard InChI is InChI=1S/C18H17N3O4/c1-19-18(23)15-7-2-14(3-8-15)12-20-17(22)11-6-13-4-9-16(10-5-13)21(24)25/h2-11H,12H2,1H3,(H,19,23)(H,20,22)/b11-6+. The number of nitro benzene ring substituents is 1. The number of nitrogens with zero attached hydrogens (tertiary/aromatic N) is 1. The second-order valence-corrected chi connectivity index (χ2v) is 5.18. The van der Waals surface area contributed by atoms with Crippen LogP contribution in [0.3, 0.4) is 0 Å². The molecule has 0 atom stereocenters. The minimum Gasteiger partial charge on any atom is -0.355 e. The second-order valence-electron chi connectivity index (χ2n) is 5.18. The van der Waals surface area contributed by atoms with Crippen LogP contribution in [0.1, 0.15) is 21.5 Å². The molecule has 2 aromatic carbocycles. The van der Waals surface area contributed by atoms with E-state index in [9.17, 15) is 19.7 Å². The SMILES string of the molecule is CNC(=O)c1ccc(CNC(=O)/C=C/c2ccc([N+](=O)[O-])cc2)cc1. The molecule has 0 spiro atoms. The lowest BCUT2D eigenvalue weighted by Gasteiger charge is -2.04. The molecule has 2 rings (SSSR count). The number of non-ortho nitro benzene ring substituents is 1. The predicted molar refractivity (Wildman–Crippen MR) is 93.8 cm³/mol. The maximum Gasteiger partial charge on any atom is 0.269 e. The van der Waals surface area contributed by atoms with Crippen molar-refractivity contribution in [1.82, 2.24) is 10.6 Å². The van der Waals surface area contributed by atoms with Crippen LogP contribution in [-0.4, -0.2) is 23.8 Å². The number of carbonyl (C=O) groups excluding carboxylic acids is 2. The summed E-state index contributed by atoms with van der Waals surface area (Å²) < 4.78 is 0. The van der Waals surface area contributed by atoms with Crippen molar-refractivity contribution in [2.75, 3.05) is 7.05 Å². The fourth-order valence-electron chi connectivity index (χ4n) is 2.05. The minimum absolute atomic E-state index is 0.00167. The van der Waals surface area contributed by atoms with Gasteiger partial charge in [0, 0.05) is 37.4 Å². The molecule has 0 saturated carbocycles. The van der Waals surface area contributed by atoms with Crippen molar-refractivity contribution >= 4 is 23.6 Å². The molecule has 128 valence electrons. The molecule has 0 aliphatic carbocycles. The number of hydrogen-bond acceptors (Lipinski definition) is 4. The maximum atomic E-state index is 11.8. The third-order valence-corrected chi connectivity index (χ3v) is 3.44. The van der Waals surface area contributed by atoms with E-state index in [4.69, 9.17) is 0 Å². The van der Waals surface area contributed by atoms with Gasteiger partial charge in [-0.1, -0.05) is 12.1 Å². The molecule has 2 aromatic rings. The molecule has 0 fully saturated rings. The molecule has 0 heterocycles. The van der Waals surface area contributed by atoms with Crippen LogP contribution >= 0.6 is 0 Å². The predicted octanol–water partition coefficient (Wildman–Crippen LogP) is 2.28. The summed E-state index contributed by atoms with van der Waals surface area (Å²) in [6, 6.07) is 12.8. The van der Waals surface area contributed by atoms with Gasteiger partial charge >= 0.3 is 0 Å². The average Bonchev–Trinajstić information content (AvgIpc) is 2.64. The molecule has 25 heavy (non-hydrogen) atoms. The summed E-state index contributed by atoms with van der Waals surface area (Å²) in [6.45, 7) is 0.331. The lowest BCUT2D eigenvalue weighted by molar-refractivity contribution is -0.384. The van der Waals surface area contributed by atoms with Gasteiger partial charge in [-0.3, -0.25) is 19.7 Å². The van der Waals surface area contributed by atoms with Crippen molar-refractivity contribution in [2.24, 2.45) is 0 Å². The van der Waals surface area contributed by atoms with Crippen LogP contribution in [0.15, 0.2) is 54.6 Å². The van der Waals surface area contributed by atoms with Gasteiger partial charge in [0.25, 0.3) is 11.6 Å². The fourth-order valence-corrected chi connectivity index (χ4v) is 2.05. The van der Waals surface area contributed by atoms with Gasteiger partial charge in [0.1, 0.15) is 0 Å². The van der Waals surface area contributed by atoms with E-state index in [1.807, 2.05) is 0 Å². The fraction of sp³-hybridized carbons (Fsp3) is 0.111. The van der Waals surface area contributed by atoms with Crippen molar-refractivity contribution in [2.45, 2.75) is 6.54 Å². The van der Waals surface area contributed by atoms with E-state index in [0.717, 1.165) is 5.56 Å². The lowest BCUT2D eigenvalue weighted by atomic mass is 10.1. The van der Waals surface area contributed by atoms with E-state index in [1.54, 1.807) is 49.5 Å². The Morgan fingerprint density at radius 3 is 2.28 bits per heavy atom. The van der Waals surface area contributed by atoms with Gasteiger partial charge in [-0.05, 0) is 41.5 Å². The van der Waals surface area contributed by atoms with Crippen molar-refractivity contribution in [3.05, 3.63) is 81.4 Å². The summed E-state index contributed by atoms with van der Waals surface area (Å²) in [7, 11) is 1.56. The number of hydrogen-bond donors (Lipinski definition) is 2. The van der Waals surface area contributed by atoms with E-state index in [-0.39, 0.29) is 17.5 Å². The van der Waals surface area contributed by atoms with Gasteiger partial charge in [0.2, 0.25) is 5.91 Å². The van der Waals surface area contributed by atoms with E-state index in [1.165, 1.54) is 18.2 Å². The number of nitrogens with one attached hydrogen (secondary N) is 2. The normalized spacial score (nSPS) is 10.4. The smallest absolute Gasteiger partial charge is 0.269 e. The van der Waals surface area contributed by atoms with Crippen LogP contribution < -0.4 is 10.6 Å². The summed E-state index contributed by atoms with van der Waals surface area (Å²) in [4.78, 5) is 33.4. The highest BCUT2D eigenvalue weighted by Gasteiger charge is 2.04. The molecule has 7 heteroatoms. The van der Waals surface area contributed by atoms with Gasteiger partial charge in [0.05, 0.1) is 4.92 Å². The Hall–Kier alpha value is -3.48. The van der Waals surface area contributed by atoms with E-state index in [2.05, 4.69) is 10.6 Å². The van der Waals surface area contributed by atoms with Crippen LogP contribution in [0, 0.1) is 10.1 Å². The zero-order valence-electron chi connectivity index (χ0n) is 13.6. The monoisotopic (exact) mass is 339 g/mol. The van der Waals surface area contributed by atoms with Gasteiger partial charge in [-0.2, -0.15) is 0 Å². The van der Waals surface area contributed by atoms with Crippen LogP contribution in [0.4, 0.5) is 5.69 Å². The van der Waals surface area contributed by atoms with E-state index in [0.29, 0.717) is 17.7 Å². The first kappa shape index (κ1) is 17.9. The van der Waals surface area contributed by atoms with Crippen molar-refractivity contribution in [1.29, 1.82) is 0 Å². The lowest BCUT2D eigenvalue weighted by Crippen LogP contribution is -2.20. The Morgan fingerprint density at radius 1 is 1.08 bits per heavy atom. The zero-order chi connectivity index (χ0) is 18.2. The molecule has 0 aromatic heterocycles. The van der Waals surface area contributed by atoms with Gasteiger partial charge in [-0.15, -0.1) is 0 Å². The zero-order valence-corrected chi connectivity index (χ0v) is 13.6. The molecule has 0 radical (unpaired) electrons. The van der Waals surface area contributed by atoms with Gasteiger partial charge < -0.3 is 10.6 Å². The summed E-state index contributed by atoms with van der Waals surface area (Å²) in [5.74, 6) is -0.449. The highest BCUT2D eigenvalue weighted by Crippen LogP contribution is 2.12. The summed E-state index contributed by atoms with van der Waals surface area (Å²) >= 11 is 0. The molecule has 0 aliphatic heterocycles. The first-order valence-electron chi connectivity index (χ1n) is 7.51. The maximum absolute atomic E-state index is 11.8. The minimum atomic E-state index is -0.477. The van der Waals surface area contributed by atoms with Crippen LogP contribution in [0.25, 0.3) is 6.08 Å². The number of carbonyl (C=O) groups is 2. The third kappa shape index (κ3) is 5.28. The molecule has 2 N–H and O–H groups in total. The molecule has 0 aliphatic rings. The molecule has 7 nitrogen and oxygen atoms in total. The average molecular weight is 339 g/mol. The molecule has 2 amide bonds. The number of rotatable bonds is 6. The molecule has 0 unspecified atom stereocenters. The van der Waals surface area contributed by atoms with Gasteiger partial charge in [-0.25, -0.2) is 0 Å². The Labute approximate surface area is 144 Å². The topological polar surface area (TPSA) is 101 Å². The quantitative estimate of drug-likeness (QED) is 0.479. The molecular formula is C18H17N3O4. The Bertz CT molecular complexity index is 796. The Morgan fingerprint density at radius 2 is 1.72 bits per heavy atom. The third-order valence-electron chi connectivity index (χ3n) is 3.44. The summed E-state index contributed by atoms with van der Waals surface area (Å²) in [6.07, 6.45) is 2.94.